The van der Waals surface area contributed by atoms with Crippen LogP contribution in [0.5, 0.6) is 0 Å². The molecule has 4 fully saturated rings. The molecule has 0 heterocycles. The summed E-state index contributed by atoms with van der Waals surface area (Å²) in [6.45, 7) is 9.45. The minimum absolute atomic E-state index is 0.00496. The number of fused-ring (bicyclic) bond motifs is 5. The normalized spacial score (nSPS) is 47.7. The lowest BCUT2D eigenvalue weighted by molar-refractivity contribution is -0.174. The molecular weight excluding hydrogens is 400 g/mol. The Labute approximate surface area is 195 Å². The molecule has 2 N–H and O–H groups in total. The van der Waals surface area contributed by atoms with Crippen molar-refractivity contribution in [2.45, 2.75) is 111 Å². The van der Waals surface area contributed by atoms with E-state index in [4.69, 9.17) is 4.74 Å². The molecule has 0 spiro atoms. The summed E-state index contributed by atoms with van der Waals surface area (Å²) >= 11 is 0. The predicted molar refractivity (Wildman–Crippen MR) is 127 cm³/mol. The van der Waals surface area contributed by atoms with Gasteiger partial charge in [-0.1, -0.05) is 40.5 Å². The number of carbonyl (C=O) groups excluding carboxylic acids is 1. The first kappa shape index (κ1) is 24.5. The van der Waals surface area contributed by atoms with E-state index in [2.05, 4.69) is 20.8 Å². The van der Waals surface area contributed by atoms with Gasteiger partial charge in [-0.3, -0.25) is 4.79 Å². The van der Waals surface area contributed by atoms with Gasteiger partial charge in [0.05, 0.1) is 25.2 Å². The smallest absolute Gasteiger partial charge is 0.308 e. The Morgan fingerprint density at radius 2 is 1.66 bits per heavy atom. The van der Waals surface area contributed by atoms with E-state index in [0.29, 0.717) is 40.4 Å². The highest BCUT2D eigenvalue weighted by Gasteiger charge is 2.62. The average molecular weight is 449 g/mol. The molecule has 0 aromatic rings. The van der Waals surface area contributed by atoms with E-state index in [1.807, 2.05) is 6.92 Å². The quantitative estimate of drug-likeness (QED) is 0.520. The van der Waals surface area contributed by atoms with Crippen LogP contribution in [0.25, 0.3) is 0 Å². The van der Waals surface area contributed by atoms with Crippen molar-refractivity contribution in [2.24, 2.45) is 52.3 Å². The molecule has 11 unspecified atom stereocenters. The highest BCUT2D eigenvalue weighted by Crippen LogP contribution is 2.68. The van der Waals surface area contributed by atoms with Crippen LogP contribution in [0, 0.1) is 52.3 Å². The summed E-state index contributed by atoms with van der Waals surface area (Å²) < 4.78 is 4.89. The molecule has 0 aromatic carbocycles. The zero-order valence-corrected chi connectivity index (χ0v) is 21.2. The van der Waals surface area contributed by atoms with Gasteiger partial charge in [0, 0.05) is 0 Å². The Kier molecular flexibility index (Phi) is 7.05. The molecule has 4 aliphatic rings. The first-order valence-corrected chi connectivity index (χ1v) is 13.6. The number of rotatable bonds is 6. The highest BCUT2D eigenvalue weighted by molar-refractivity contribution is 5.71. The number of aliphatic hydroxyl groups excluding tert-OH is 2. The van der Waals surface area contributed by atoms with E-state index in [1.54, 1.807) is 0 Å². The molecule has 0 aromatic heterocycles. The number of methoxy groups -OCH3 is 1. The molecule has 4 aliphatic carbocycles. The Morgan fingerprint density at radius 3 is 2.38 bits per heavy atom. The molecule has 11 atom stereocenters. The maximum Gasteiger partial charge on any atom is 0.308 e. The number of esters is 1. The van der Waals surface area contributed by atoms with Crippen LogP contribution in [-0.2, 0) is 9.53 Å². The minimum Gasteiger partial charge on any atom is -0.469 e. The first-order chi connectivity index (χ1) is 15.1. The molecule has 4 saturated carbocycles. The second-order valence-corrected chi connectivity index (χ2v) is 12.8. The van der Waals surface area contributed by atoms with E-state index < -0.39 is 0 Å². The van der Waals surface area contributed by atoms with Crippen LogP contribution in [0.2, 0.25) is 0 Å². The predicted octanol–water partition coefficient (Wildman–Crippen LogP) is 5.59. The third kappa shape index (κ3) is 4.06. The molecule has 4 rings (SSSR count). The van der Waals surface area contributed by atoms with Gasteiger partial charge in [0.2, 0.25) is 0 Å². The molecule has 4 nitrogen and oxygen atoms in total. The summed E-state index contributed by atoms with van der Waals surface area (Å²) in [5.41, 5.74) is 0.644. The third-order valence-corrected chi connectivity index (χ3v) is 11.3. The van der Waals surface area contributed by atoms with E-state index in [-0.39, 0.29) is 24.1 Å². The summed E-state index contributed by atoms with van der Waals surface area (Å²) in [5, 5.41) is 21.7. The maximum atomic E-state index is 11.7. The lowest BCUT2D eigenvalue weighted by Gasteiger charge is -2.62. The van der Waals surface area contributed by atoms with Gasteiger partial charge in [0.25, 0.3) is 0 Å². The van der Waals surface area contributed by atoms with Gasteiger partial charge in [0.1, 0.15) is 0 Å². The molecule has 0 aliphatic heterocycles. The van der Waals surface area contributed by atoms with Crippen LogP contribution in [-0.4, -0.2) is 35.5 Å². The Hall–Kier alpha value is -0.610. The van der Waals surface area contributed by atoms with Crippen LogP contribution < -0.4 is 0 Å². The zero-order valence-electron chi connectivity index (χ0n) is 21.2. The van der Waals surface area contributed by atoms with E-state index in [1.165, 1.54) is 39.2 Å². The molecule has 32 heavy (non-hydrogen) atoms. The maximum absolute atomic E-state index is 11.7. The Morgan fingerprint density at radius 1 is 0.969 bits per heavy atom. The van der Waals surface area contributed by atoms with Crippen molar-refractivity contribution in [2.75, 3.05) is 7.11 Å². The fraction of sp³-hybridized carbons (Fsp3) is 0.964. The van der Waals surface area contributed by atoms with Gasteiger partial charge in [-0.25, -0.2) is 0 Å². The van der Waals surface area contributed by atoms with Crippen LogP contribution in [0.15, 0.2) is 0 Å². The molecule has 184 valence electrons. The van der Waals surface area contributed by atoms with Gasteiger partial charge >= 0.3 is 5.97 Å². The second-order valence-electron chi connectivity index (χ2n) is 12.8. The summed E-state index contributed by atoms with van der Waals surface area (Å²) in [6.07, 6.45) is 11.8. The van der Waals surface area contributed by atoms with Gasteiger partial charge in [-0.05, 0) is 104 Å². The third-order valence-electron chi connectivity index (χ3n) is 11.3. The van der Waals surface area contributed by atoms with Crippen LogP contribution in [0.3, 0.4) is 0 Å². The standard InChI is InChI=1S/C28H48O4/c1-17(7-6-8-18(2)26(31)32-5)21-9-10-22-25-23(12-14-28(21,22)4)27(3)13-11-20(29)15-19(27)16-24(25)30/h17-25,29-30H,6-16H2,1-5H3. The molecule has 0 radical (unpaired) electrons. The number of ether oxygens (including phenoxy) is 1. The second kappa shape index (κ2) is 9.21. The summed E-state index contributed by atoms with van der Waals surface area (Å²) in [7, 11) is 1.48. The Balaban J connectivity index is 1.43. The Bertz CT molecular complexity index is 678. The van der Waals surface area contributed by atoms with Gasteiger partial charge < -0.3 is 14.9 Å². The fourth-order valence-corrected chi connectivity index (χ4v) is 9.44. The molecule has 0 saturated heterocycles. The zero-order chi connectivity index (χ0) is 23.3. The van der Waals surface area contributed by atoms with Crippen molar-refractivity contribution < 1.29 is 19.7 Å². The van der Waals surface area contributed by atoms with Crippen molar-refractivity contribution in [1.82, 2.24) is 0 Å². The lowest BCUT2D eigenvalue weighted by atomic mass is 9.43. The van der Waals surface area contributed by atoms with Gasteiger partial charge in [0.15, 0.2) is 0 Å². The van der Waals surface area contributed by atoms with Crippen LogP contribution in [0.4, 0.5) is 0 Å². The van der Waals surface area contributed by atoms with Crippen LogP contribution >= 0.6 is 0 Å². The van der Waals surface area contributed by atoms with E-state index in [0.717, 1.165) is 44.4 Å². The summed E-state index contributed by atoms with van der Waals surface area (Å²) in [6, 6.07) is 0. The number of carbonyl (C=O) groups is 1. The summed E-state index contributed by atoms with van der Waals surface area (Å²) in [4.78, 5) is 11.7. The molecule has 0 bridgehead atoms. The lowest BCUT2D eigenvalue weighted by Crippen LogP contribution is -2.58. The van der Waals surface area contributed by atoms with E-state index in [9.17, 15) is 15.0 Å². The molecule has 0 amide bonds. The van der Waals surface area contributed by atoms with Crippen LogP contribution in [0.1, 0.15) is 98.3 Å². The average Bonchev–Trinajstić information content (AvgIpc) is 3.11. The fourth-order valence-electron chi connectivity index (χ4n) is 9.44. The van der Waals surface area contributed by atoms with Crippen molar-refractivity contribution >= 4 is 5.97 Å². The number of hydrogen-bond donors (Lipinski definition) is 2. The van der Waals surface area contributed by atoms with Crippen molar-refractivity contribution in [3.63, 3.8) is 0 Å². The first-order valence-electron chi connectivity index (χ1n) is 13.6. The summed E-state index contributed by atoms with van der Waals surface area (Å²) in [5.74, 6) is 3.50. The van der Waals surface area contributed by atoms with Gasteiger partial charge in [-0.15, -0.1) is 0 Å². The van der Waals surface area contributed by atoms with Crippen molar-refractivity contribution in [1.29, 1.82) is 0 Å². The van der Waals surface area contributed by atoms with E-state index >= 15 is 0 Å². The van der Waals surface area contributed by atoms with Crippen molar-refractivity contribution in [3.8, 4) is 0 Å². The molecule has 4 heteroatoms. The largest absolute Gasteiger partial charge is 0.469 e. The SMILES string of the molecule is COC(=O)C(C)CCCC(C)C1CCC2C3C(O)CC4CC(O)CCC4(C)C3CCC12C. The van der Waals surface area contributed by atoms with Gasteiger partial charge in [-0.2, -0.15) is 0 Å². The van der Waals surface area contributed by atoms with Crippen molar-refractivity contribution in [3.05, 3.63) is 0 Å². The number of hydrogen-bond acceptors (Lipinski definition) is 4. The monoisotopic (exact) mass is 448 g/mol. The molecular formula is C28H48O4. The minimum atomic E-state index is -0.192. The number of aliphatic hydroxyl groups is 2. The highest BCUT2D eigenvalue weighted by atomic mass is 16.5. The topological polar surface area (TPSA) is 66.8 Å².